The van der Waals surface area contributed by atoms with Crippen LogP contribution in [0.3, 0.4) is 0 Å². The molecule has 0 saturated heterocycles. The number of fused-ring (bicyclic) bond motifs is 1. The molecule has 1 heterocycles. The molecule has 162 valence electrons. The van der Waals surface area contributed by atoms with Gasteiger partial charge in [-0.05, 0) is 78.2 Å². The SMILES string of the molecule is Cc1ccc(C)c(-n2nc(C(=O)Nc3ccc4ccccc4c3)nc2-c2ccc(Cl)cc2)c1. The van der Waals surface area contributed by atoms with E-state index in [-0.39, 0.29) is 11.7 Å². The molecular weight excluding hydrogens is 432 g/mol. The van der Waals surface area contributed by atoms with Crippen LogP contribution in [0, 0.1) is 13.8 Å². The molecule has 0 spiro atoms. The minimum absolute atomic E-state index is 0.0917. The Balaban J connectivity index is 1.56. The van der Waals surface area contributed by atoms with Crippen molar-refractivity contribution in [3.05, 3.63) is 107 Å². The minimum atomic E-state index is -0.371. The van der Waals surface area contributed by atoms with Crippen molar-refractivity contribution in [2.75, 3.05) is 5.32 Å². The van der Waals surface area contributed by atoms with Gasteiger partial charge < -0.3 is 5.32 Å². The van der Waals surface area contributed by atoms with Gasteiger partial charge in [-0.2, -0.15) is 0 Å². The zero-order valence-corrected chi connectivity index (χ0v) is 19.0. The third-order valence-corrected chi connectivity index (χ3v) is 5.76. The lowest BCUT2D eigenvalue weighted by Crippen LogP contribution is -2.14. The molecule has 33 heavy (non-hydrogen) atoms. The first-order valence-electron chi connectivity index (χ1n) is 10.6. The summed E-state index contributed by atoms with van der Waals surface area (Å²) in [5.41, 5.74) is 4.50. The van der Waals surface area contributed by atoms with Gasteiger partial charge in [-0.15, -0.1) is 5.10 Å². The number of amides is 1. The molecular formula is C27H21ClN4O. The van der Waals surface area contributed by atoms with Crippen molar-refractivity contribution < 1.29 is 4.79 Å². The van der Waals surface area contributed by atoms with Crippen molar-refractivity contribution >= 4 is 34.0 Å². The predicted molar refractivity (Wildman–Crippen MR) is 133 cm³/mol. The van der Waals surface area contributed by atoms with E-state index >= 15 is 0 Å². The van der Waals surface area contributed by atoms with Crippen LogP contribution in [0.1, 0.15) is 21.7 Å². The summed E-state index contributed by atoms with van der Waals surface area (Å²) in [6.45, 7) is 4.03. The van der Waals surface area contributed by atoms with Gasteiger partial charge in [0.1, 0.15) is 0 Å². The van der Waals surface area contributed by atoms with Gasteiger partial charge in [0.2, 0.25) is 5.82 Å². The summed E-state index contributed by atoms with van der Waals surface area (Å²) in [7, 11) is 0. The Labute approximate surface area is 196 Å². The molecule has 1 N–H and O–H groups in total. The van der Waals surface area contributed by atoms with Crippen LogP contribution < -0.4 is 5.32 Å². The first-order chi connectivity index (χ1) is 16.0. The van der Waals surface area contributed by atoms with Gasteiger partial charge in [-0.1, -0.05) is 54.1 Å². The van der Waals surface area contributed by atoms with Gasteiger partial charge in [0.25, 0.3) is 5.91 Å². The lowest BCUT2D eigenvalue weighted by atomic mass is 10.1. The summed E-state index contributed by atoms with van der Waals surface area (Å²) in [6, 6.07) is 27.3. The maximum atomic E-state index is 13.1. The van der Waals surface area contributed by atoms with Gasteiger partial charge in [0.15, 0.2) is 5.82 Å². The highest BCUT2D eigenvalue weighted by Gasteiger charge is 2.20. The fourth-order valence-electron chi connectivity index (χ4n) is 3.76. The molecule has 0 aliphatic heterocycles. The van der Waals surface area contributed by atoms with Crippen LogP contribution >= 0.6 is 11.6 Å². The molecule has 0 radical (unpaired) electrons. The number of aromatic nitrogens is 3. The first kappa shape index (κ1) is 20.9. The van der Waals surface area contributed by atoms with E-state index in [2.05, 4.69) is 15.4 Å². The number of carbonyl (C=O) groups excluding carboxylic acids is 1. The van der Waals surface area contributed by atoms with E-state index in [1.807, 2.05) is 86.6 Å². The molecule has 0 aliphatic rings. The zero-order valence-electron chi connectivity index (χ0n) is 18.2. The van der Waals surface area contributed by atoms with Crippen molar-refractivity contribution in [1.29, 1.82) is 0 Å². The second-order valence-corrected chi connectivity index (χ2v) is 8.42. The summed E-state index contributed by atoms with van der Waals surface area (Å²) in [4.78, 5) is 17.7. The van der Waals surface area contributed by atoms with Gasteiger partial charge in [-0.3, -0.25) is 4.79 Å². The van der Waals surface area contributed by atoms with Crippen molar-refractivity contribution in [2.45, 2.75) is 13.8 Å². The van der Waals surface area contributed by atoms with Crippen molar-refractivity contribution in [2.24, 2.45) is 0 Å². The number of carbonyl (C=O) groups is 1. The second kappa shape index (κ2) is 8.52. The van der Waals surface area contributed by atoms with E-state index in [4.69, 9.17) is 11.6 Å². The first-order valence-corrected chi connectivity index (χ1v) is 11.0. The second-order valence-electron chi connectivity index (χ2n) is 7.98. The van der Waals surface area contributed by atoms with Gasteiger partial charge >= 0.3 is 0 Å². The molecule has 0 fully saturated rings. The van der Waals surface area contributed by atoms with E-state index in [1.54, 1.807) is 16.8 Å². The number of halogens is 1. The highest BCUT2D eigenvalue weighted by atomic mass is 35.5. The number of benzene rings is 4. The lowest BCUT2D eigenvalue weighted by Gasteiger charge is -2.10. The fraction of sp³-hybridized carbons (Fsp3) is 0.0741. The number of anilines is 1. The molecule has 6 heteroatoms. The number of nitrogens with zero attached hydrogens (tertiary/aromatic N) is 3. The van der Waals surface area contributed by atoms with E-state index < -0.39 is 0 Å². The molecule has 0 atom stereocenters. The van der Waals surface area contributed by atoms with Crippen LogP contribution in [-0.4, -0.2) is 20.7 Å². The lowest BCUT2D eigenvalue weighted by molar-refractivity contribution is 0.101. The predicted octanol–water partition coefficient (Wildman–Crippen LogP) is 6.61. The smallest absolute Gasteiger partial charge is 0.295 e. The highest BCUT2D eigenvalue weighted by Crippen LogP contribution is 2.26. The van der Waals surface area contributed by atoms with Gasteiger partial charge in [0, 0.05) is 16.3 Å². The molecule has 5 nitrogen and oxygen atoms in total. The number of hydrogen-bond donors (Lipinski definition) is 1. The summed E-state index contributed by atoms with van der Waals surface area (Å²) in [5, 5.41) is 10.3. The molecule has 0 unspecified atom stereocenters. The molecule has 0 bridgehead atoms. The maximum absolute atomic E-state index is 13.1. The van der Waals surface area contributed by atoms with Crippen LogP contribution in [-0.2, 0) is 0 Å². The normalized spacial score (nSPS) is 11.0. The molecule has 5 rings (SSSR count). The average Bonchev–Trinajstić information content (AvgIpc) is 3.26. The molecule has 0 aliphatic carbocycles. The van der Waals surface area contributed by atoms with Crippen molar-refractivity contribution in [3.8, 4) is 17.1 Å². The fourth-order valence-corrected chi connectivity index (χ4v) is 3.89. The molecule has 1 amide bonds. The zero-order chi connectivity index (χ0) is 22.9. The summed E-state index contributed by atoms with van der Waals surface area (Å²) >= 11 is 6.08. The Morgan fingerprint density at radius 1 is 0.879 bits per heavy atom. The minimum Gasteiger partial charge on any atom is -0.319 e. The third kappa shape index (κ3) is 4.23. The Morgan fingerprint density at radius 2 is 1.64 bits per heavy atom. The van der Waals surface area contributed by atoms with E-state index in [0.29, 0.717) is 16.5 Å². The Morgan fingerprint density at radius 3 is 2.42 bits per heavy atom. The largest absolute Gasteiger partial charge is 0.319 e. The molecule has 0 saturated carbocycles. The maximum Gasteiger partial charge on any atom is 0.295 e. The van der Waals surface area contributed by atoms with Crippen LogP contribution in [0.15, 0.2) is 84.9 Å². The number of nitrogens with one attached hydrogen (secondary N) is 1. The van der Waals surface area contributed by atoms with E-state index in [1.165, 1.54) is 0 Å². The van der Waals surface area contributed by atoms with Crippen molar-refractivity contribution in [3.63, 3.8) is 0 Å². The monoisotopic (exact) mass is 452 g/mol. The average molecular weight is 453 g/mol. The van der Waals surface area contributed by atoms with Crippen LogP contribution in [0.4, 0.5) is 5.69 Å². The van der Waals surface area contributed by atoms with E-state index in [9.17, 15) is 4.79 Å². The quantitative estimate of drug-likeness (QED) is 0.333. The third-order valence-electron chi connectivity index (χ3n) is 5.51. The standard InChI is InChI=1S/C27H21ClN4O/c1-17-7-8-18(2)24(15-17)32-26(20-9-12-22(28)13-10-20)30-25(31-32)27(33)29-23-14-11-19-5-3-4-6-21(19)16-23/h3-16H,1-2H3,(H,29,33). The van der Waals surface area contributed by atoms with Crippen LogP contribution in [0.25, 0.3) is 27.8 Å². The summed E-state index contributed by atoms with van der Waals surface area (Å²) < 4.78 is 1.72. The molecule has 4 aromatic carbocycles. The van der Waals surface area contributed by atoms with Crippen LogP contribution in [0.5, 0.6) is 0 Å². The van der Waals surface area contributed by atoms with Crippen molar-refractivity contribution in [1.82, 2.24) is 14.8 Å². The Kier molecular flexibility index (Phi) is 5.40. The van der Waals surface area contributed by atoms with Crippen LogP contribution in [0.2, 0.25) is 5.02 Å². The Bertz CT molecular complexity index is 1490. The van der Waals surface area contributed by atoms with Gasteiger partial charge in [-0.25, -0.2) is 9.67 Å². The van der Waals surface area contributed by atoms with Gasteiger partial charge in [0.05, 0.1) is 5.69 Å². The summed E-state index contributed by atoms with van der Waals surface area (Å²) in [5.74, 6) is 0.294. The number of rotatable bonds is 4. The summed E-state index contributed by atoms with van der Waals surface area (Å²) in [6.07, 6.45) is 0. The van der Waals surface area contributed by atoms with E-state index in [0.717, 1.165) is 33.2 Å². The Hall–Kier alpha value is -3.96. The topological polar surface area (TPSA) is 59.8 Å². The number of aryl methyl sites for hydroxylation is 2. The molecule has 5 aromatic rings. The highest BCUT2D eigenvalue weighted by molar-refractivity contribution is 6.30. The number of hydrogen-bond acceptors (Lipinski definition) is 3. The molecule has 1 aromatic heterocycles.